The summed E-state index contributed by atoms with van der Waals surface area (Å²) in [6.07, 6.45) is -1.81. The molecule has 1 aliphatic carbocycles. The average Bonchev–Trinajstić information content (AvgIpc) is 3.14. The lowest BCUT2D eigenvalue weighted by Gasteiger charge is -2.39. The number of imidazole rings is 1. The van der Waals surface area contributed by atoms with E-state index in [-0.39, 0.29) is 18.2 Å². The number of hydrogen-bond acceptors (Lipinski definition) is 5. The molecule has 0 unspecified atom stereocenters. The molecule has 4 rings (SSSR count). The van der Waals surface area contributed by atoms with Crippen LogP contribution < -0.4 is 14.8 Å². The molecule has 1 heterocycles. The highest BCUT2D eigenvalue weighted by molar-refractivity contribution is 5.84. The van der Waals surface area contributed by atoms with Crippen LogP contribution in [0.5, 0.6) is 11.5 Å². The lowest BCUT2D eigenvalue weighted by molar-refractivity contribution is -0.274. The van der Waals surface area contributed by atoms with Crippen molar-refractivity contribution in [2.75, 3.05) is 12.4 Å². The van der Waals surface area contributed by atoms with E-state index in [9.17, 15) is 23.1 Å². The van der Waals surface area contributed by atoms with E-state index in [4.69, 9.17) is 9.72 Å². The van der Waals surface area contributed by atoms with Gasteiger partial charge in [-0.3, -0.25) is 4.79 Å². The molecular formula is C27H32F3N3O4. The summed E-state index contributed by atoms with van der Waals surface area (Å²) < 4.78 is 49.4. The van der Waals surface area contributed by atoms with E-state index in [0.717, 1.165) is 24.8 Å². The summed E-state index contributed by atoms with van der Waals surface area (Å²) in [6, 6.07) is 9.20. The van der Waals surface area contributed by atoms with E-state index in [1.807, 2.05) is 6.07 Å². The van der Waals surface area contributed by atoms with Crippen LogP contribution in [0.2, 0.25) is 0 Å². The predicted octanol–water partition coefficient (Wildman–Crippen LogP) is 6.95. The molecule has 7 nitrogen and oxygen atoms in total. The van der Waals surface area contributed by atoms with Crippen molar-refractivity contribution in [1.29, 1.82) is 0 Å². The fourth-order valence-corrected chi connectivity index (χ4v) is 5.40. The zero-order valence-electron chi connectivity index (χ0n) is 21.3. The number of aliphatic carboxylic acids is 1. The van der Waals surface area contributed by atoms with Crippen molar-refractivity contribution in [2.45, 2.75) is 58.9 Å². The van der Waals surface area contributed by atoms with E-state index in [0.29, 0.717) is 46.2 Å². The van der Waals surface area contributed by atoms with Gasteiger partial charge in [0.1, 0.15) is 11.5 Å². The summed E-state index contributed by atoms with van der Waals surface area (Å²) in [5, 5.41) is 12.6. The van der Waals surface area contributed by atoms with Crippen molar-refractivity contribution in [3.05, 3.63) is 42.0 Å². The van der Waals surface area contributed by atoms with Crippen molar-refractivity contribution in [2.24, 2.45) is 17.8 Å². The number of halogens is 3. The molecule has 200 valence electrons. The highest BCUT2D eigenvalue weighted by atomic mass is 19.4. The number of nitrogens with one attached hydrogen (secondary N) is 1. The minimum atomic E-state index is -4.76. The Morgan fingerprint density at radius 1 is 1.22 bits per heavy atom. The lowest BCUT2D eigenvalue weighted by Crippen LogP contribution is -2.30. The molecule has 1 fully saturated rings. The molecule has 0 amide bonds. The number of hydrogen-bond donors (Lipinski definition) is 2. The molecule has 1 aliphatic rings. The minimum Gasteiger partial charge on any atom is -0.496 e. The summed E-state index contributed by atoms with van der Waals surface area (Å²) in [4.78, 5) is 16.2. The Labute approximate surface area is 213 Å². The maximum atomic E-state index is 12.6. The Balaban J connectivity index is 1.81. The van der Waals surface area contributed by atoms with E-state index < -0.39 is 12.3 Å². The van der Waals surface area contributed by atoms with Gasteiger partial charge in [-0.2, -0.15) is 0 Å². The molecule has 2 N–H and O–H groups in total. The van der Waals surface area contributed by atoms with Gasteiger partial charge in [-0.05, 0) is 60.9 Å². The Hall–Kier alpha value is -3.43. The Bertz CT molecular complexity index is 1250. The second kappa shape index (κ2) is 10.5. The number of anilines is 2. The second-order valence-corrected chi connectivity index (χ2v) is 10.1. The maximum absolute atomic E-state index is 12.6. The first kappa shape index (κ1) is 26.6. The molecule has 1 saturated carbocycles. The molecule has 0 bridgehead atoms. The Morgan fingerprint density at radius 3 is 2.51 bits per heavy atom. The molecule has 0 aliphatic heterocycles. The summed E-state index contributed by atoms with van der Waals surface area (Å²) in [5.41, 5.74) is 2.51. The van der Waals surface area contributed by atoms with Gasteiger partial charge in [-0.15, -0.1) is 13.2 Å². The van der Waals surface area contributed by atoms with Gasteiger partial charge in [-0.25, -0.2) is 4.98 Å². The number of ether oxygens (including phenoxy) is 2. The van der Waals surface area contributed by atoms with Gasteiger partial charge in [-0.1, -0.05) is 27.2 Å². The van der Waals surface area contributed by atoms with Crippen molar-refractivity contribution >= 4 is 28.6 Å². The van der Waals surface area contributed by atoms with Crippen LogP contribution in [-0.2, 0) is 11.2 Å². The third-order valence-electron chi connectivity index (χ3n) is 7.10. The number of methoxy groups -OCH3 is 1. The van der Waals surface area contributed by atoms with Crippen LogP contribution >= 0.6 is 0 Å². The number of benzene rings is 2. The van der Waals surface area contributed by atoms with Crippen LogP contribution in [0.3, 0.4) is 0 Å². The number of carbonyl (C=O) groups is 1. The third kappa shape index (κ3) is 6.11. The van der Waals surface area contributed by atoms with Gasteiger partial charge >= 0.3 is 12.3 Å². The normalized spacial score (nSPS) is 20.3. The van der Waals surface area contributed by atoms with Crippen molar-refractivity contribution in [3.63, 3.8) is 0 Å². The van der Waals surface area contributed by atoms with Crippen LogP contribution in [0.15, 0.2) is 36.4 Å². The van der Waals surface area contributed by atoms with Gasteiger partial charge in [0.2, 0.25) is 5.95 Å². The standard InChI is InChI=1S/C27H32F3N3O4/c1-15(2)20-10-5-16(3)11-22(20)33-23-14-24(36-4)17(13-25(34)35)12-21(23)32-26(33)31-18-6-8-19(9-7-18)37-27(28,29)30/h6-9,12,14-16,20,22H,5,10-11,13H2,1-4H3,(H,31,32)(H,34,35)/t16-,20-,22-/m1/s1. The van der Waals surface area contributed by atoms with Gasteiger partial charge in [0, 0.05) is 23.4 Å². The topological polar surface area (TPSA) is 85.6 Å². The zero-order chi connectivity index (χ0) is 26.9. The quantitative estimate of drug-likeness (QED) is 0.335. The smallest absolute Gasteiger partial charge is 0.496 e. The molecule has 10 heteroatoms. The number of fused-ring (bicyclic) bond motifs is 1. The van der Waals surface area contributed by atoms with E-state index in [1.165, 1.54) is 31.4 Å². The summed E-state index contributed by atoms with van der Waals surface area (Å²) in [7, 11) is 1.51. The largest absolute Gasteiger partial charge is 0.573 e. The molecule has 37 heavy (non-hydrogen) atoms. The number of alkyl halides is 3. The lowest BCUT2D eigenvalue weighted by atomic mass is 9.74. The van der Waals surface area contributed by atoms with Crippen LogP contribution in [-0.4, -0.2) is 34.1 Å². The molecule has 0 saturated heterocycles. The van der Waals surface area contributed by atoms with Gasteiger partial charge in [0.25, 0.3) is 0 Å². The summed E-state index contributed by atoms with van der Waals surface area (Å²) in [6.45, 7) is 6.66. The number of carboxylic acid groups (broad SMARTS) is 1. The van der Waals surface area contributed by atoms with E-state index >= 15 is 0 Å². The van der Waals surface area contributed by atoms with Crippen molar-refractivity contribution < 1.29 is 32.5 Å². The molecule has 3 aromatic rings. The predicted molar refractivity (Wildman–Crippen MR) is 134 cm³/mol. The number of aromatic nitrogens is 2. The average molecular weight is 520 g/mol. The van der Waals surface area contributed by atoms with Gasteiger partial charge in [0.05, 0.1) is 24.6 Å². The van der Waals surface area contributed by atoms with Crippen LogP contribution in [0.25, 0.3) is 11.0 Å². The van der Waals surface area contributed by atoms with Crippen molar-refractivity contribution in [1.82, 2.24) is 9.55 Å². The third-order valence-corrected chi connectivity index (χ3v) is 7.10. The fraction of sp³-hybridized carbons (Fsp3) is 0.481. The second-order valence-electron chi connectivity index (χ2n) is 10.1. The first-order valence-corrected chi connectivity index (χ1v) is 12.4. The van der Waals surface area contributed by atoms with Crippen LogP contribution in [0.4, 0.5) is 24.8 Å². The van der Waals surface area contributed by atoms with Crippen LogP contribution in [0.1, 0.15) is 51.6 Å². The first-order chi connectivity index (χ1) is 17.4. The Kier molecular flexibility index (Phi) is 7.57. The number of carboxylic acids is 1. The maximum Gasteiger partial charge on any atom is 0.573 e. The van der Waals surface area contributed by atoms with Gasteiger partial charge in [0.15, 0.2) is 0 Å². The molecule has 2 aromatic carbocycles. The monoisotopic (exact) mass is 519 g/mol. The molecule has 0 spiro atoms. The highest BCUT2D eigenvalue weighted by Crippen LogP contribution is 2.45. The molecule has 0 radical (unpaired) electrons. The Morgan fingerprint density at radius 2 is 1.92 bits per heavy atom. The summed E-state index contributed by atoms with van der Waals surface area (Å²) >= 11 is 0. The van der Waals surface area contributed by atoms with Crippen LogP contribution in [0, 0.1) is 17.8 Å². The summed E-state index contributed by atoms with van der Waals surface area (Å²) in [5.74, 6) is 1.06. The number of nitrogens with zero attached hydrogens (tertiary/aromatic N) is 2. The van der Waals surface area contributed by atoms with Gasteiger partial charge < -0.3 is 24.5 Å². The molecular weight excluding hydrogens is 487 g/mol. The molecule has 3 atom stereocenters. The highest BCUT2D eigenvalue weighted by Gasteiger charge is 2.35. The minimum absolute atomic E-state index is 0.124. The SMILES string of the molecule is COc1cc2c(cc1CC(=O)O)nc(Nc1ccc(OC(F)(F)F)cc1)n2[C@@H]1C[C@H](C)CC[C@@H]1C(C)C. The van der Waals surface area contributed by atoms with Crippen molar-refractivity contribution in [3.8, 4) is 11.5 Å². The molecule has 1 aromatic heterocycles. The zero-order valence-corrected chi connectivity index (χ0v) is 21.3. The van der Waals surface area contributed by atoms with E-state index in [2.05, 4.69) is 35.4 Å². The first-order valence-electron chi connectivity index (χ1n) is 12.4. The van der Waals surface area contributed by atoms with E-state index in [1.54, 1.807) is 6.07 Å². The fourth-order valence-electron chi connectivity index (χ4n) is 5.40. The number of rotatable bonds is 8.